The van der Waals surface area contributed by atoms with Gasteiger partial charge in [-0.2, -0.15) is 0 Å². The average Bonchev–Trinajstić information content (AvgIpc) is 3.21. The molecule has 0 saturated carbocycles. The van der Waals surface area contributed by atoms with Gasteiger partial charge in [0.05, 0.1) is 18.4 Å². The third-order valence-corrected chi connectivity index (χ3v) is 3.66. The molecule has 0 bridgehead atoms. The smallest absolute Gasteiger partial charge is 0.287 e. The average molecular weight is 322 g/mol. The van der Waals surface area contributed by atoms with Crippen molar-refractivity contribution in [3.8, 4) is 0 Å². The molecular formula is C16H26N4O3. The molecule has 128 valence electrons. The maximum atomic E-state index is 11.7. The van der Waals surface area contributed by atoms with E-state index in [9.17, 15) is 4.79 Å². The van der Waals surface area contributed by atoms with E-state index in [0.717, 1.165) is 32.0 Å². The van der Waals surface area contributed by atoms with Crippen molar-refractivity contribution >= 4 is 11.9 Å². The maximum Gasteiger partial charge on any atom is 0.287 e. The molecule has 1 aromatic rings. The molecule has 0 radical (unpaired) electrons. The van der Waals surface area contributed by atoms with E-state index in [-0.39, 0.29) is 11.5 Å². The third kappa shape index (κ3) is 5.59. The molecule has 7 heteroatoms. The van der Waals surface area contributed by atoms with Gasteiger partial charge in [-0.25, -0.2) is 0 Å². The number of nitrogens with zero attached hydrogens (tertiary/aromatic N) is 1. The van der Waals surface area contributed by atoms with E-state index in [4.69, 9.17) is 9.15 Å². The Morgan fingerprint density at radius 1 is 1.35 bits per heavy atom. The van der Waals surface area contributed by atoms with E-state index in [1.54, 1.807) is 12.1 Å². The van der Waals surface area contributed by atoms with Gasteiger partial charge in [0, 0.05) is 26.2 Å². The Morgan fingerprint density at radius 2 is 2.17 bits per heavy atom. The van der Waals surface area contributed by atoms with Gasteiger partial charge in [-0.1, -0.05) is 0 Å². The van der Waals surface area contributed by atoms with Crippen molar-refractivity contribution in [3.05, 3.63) is 24.2 Å². The number of hydrogen-bond acceptors (Lipinski definition) is 4. The quantitative estimate of drug-likeness (QED) is 0.398. The van der Waals surface area contributed by atoms with Crippen LogP contribution in [0.1, 0.15) is 37.2 Å². The second-order valence-corrected chi connectivity index (χ2v) is 5.76. The van der Waals surface area contributed by atoms with Gasteiger partial charge in [0.15, 0.2) is 11.7 Å². The topological polar surface area (TPSA) is 87.9 Å². The highest BCUT2D eigenvalue weighted by atomic mass is 16.5. The standard InChI is InChI=1S/C16H26N4O3/c1-3-17-15(20-12-16(2)7-5-11-23-16)19-9-8-18-14(21)13-6-4-10-22-13/h4,6,10H,3,5,7-9,11-12H2,1-2H3,(H,18,21)(H2,17,19,20). The van der Waals surface area contributed by atoms with Crippen molar-refractivity contribution in [1.29, 1.82) is 0 Å². The van der Waals surface area contributed by atoms with Gasteiger partial charge < -0.3 is 25.1 Å². The highest BCUT2D eigenvalue weighted by molar-refractivity contribution is 5.91. The molecule has 1 unspecified atom stereocenters. The van der Waals surface area contributed by atoms with Gasteiger partial charge in [0.25, 0.3) is 5.91 Å². The van der Waals surface area contributed by atoms with Crippen LogP contribution >= 0.6 is 0 Å². The number of rotatable bonds is 7. The van der Waals surface area contributed by atoms with Gasteiger partial charge in [-0.3, -0.25) is 9.79 Å². The molecule has 7 nitrogen and oxygen atoms in total. The number of hydrogen-bond donors (Lipinski definition) is 3. The van der Waals surface area contributed by atoms with Crippen LogP contribution in [0.15, 0.2) is 27.8 Å². The first-order valence-electron chi connectivity index (χ1n) is 8.11. The molecule has 2 heterocycles. The fraction of sp³-hybridized carbons (Fsp3) is 0.625. The van der Waals surface area contributed by atoms with Crippen LogP contribution in [0.5, 0.6) is 0 Å². The summed E-state index contributed by atoms with van der Waals surface area (Å²) in [4.78, 5) is 16.3. The van der Waals surface area contributed by atoms with Gasteiger partial charge in [-0.05, 0) is 38.8 Å². The van der Waals surface area contributed by atoms with Crippen LogP contribution in [0, 0.1) is 0 Å². The lowest BCUT2D eigenvalue weighted by molar-refractivity contribution is 0.0283. The molecule has 0 aliphatic carbocycles. The molecule has 0 aromatic carbocycles. The van der Waals surface area contributed by atoms with Crippen LogP contribution in [0.4, 0.5) is 0 Å². The largest absolute Gasteiger partial charge is 0.459 e. The highest BCUT2D eigenvalue weighted by Crippen LogP contribution is 2.24. The summed E-state index contributed by atoms with van der Waals surface area (Å²) < 4.78 is 10.8. The molecule has 1 amide bonds. The van der Waals surface area contributed by atoms with Crippen LogP contribution < -0.4 is 16.0 Å². The lowest BCUT2D eigenvalue weighted by Crippen LogP contribution is -2.42. The fourth-order valence-corrected chi connectivity index (χ4v) is 2.40. The molecule has 1 fully saturated rings. The highest BCUT2D eigenvalue weighted by Gasteiger charge is 2.29. The normalized spacial score (nSPS) is 21.2. The van der Waals surface area contributed by atoms with Gasteiger partial charge >= 0.3 is 0 Å². The monoisotopic (exact) mass is 322 g/mol. The predicted octanol–water partition coefficient (Wildman–Crippen LogP) is 1.13. The molecule has 1 aliphatic heterocycles. The lowest BCUT2D eigenvalue weighted by Gasteiger charge is -2.21. The summed E-state index contributed by atoms with van der Waals surface area (Å²) in [6, 6.07) is 3.32. The van der Waals surface area contributed by atoms with E-state index in [1.165, 1.54) is 6.26 Å². The van der Waals surface area contributed by atoms with Gasteiger partial charge in [0.1, 0.15) is 0 Å². The van der Waals surface area contributed by atoms with Crippen LogP contribution in [0.2, 0.25) is 0 Å². The number of furan rings is 1. The second-order valence-electron chi connectivity index (χ2n) is 5.76. The van der Waals surface area contributed by atoms with E-state index < -0.39 is 0 Å². The van der Waals surface area contributed by atoms with Crippen LogP contribution in [-0.2, 0) is 4.74 Å². The lowest BCUT2D eigenvalue weighted by atomic mass is 10.0. The van der Waals surface area contributed by atoms with Crippen LogP contribution in [0.3, 0.4) is 0 Å². The Labute approximate surface area is 136 Å². The number of carbonyl (C=O) groups is 1. The minimum absolute atomic E-state index is 0.157. The summed E-state index contributed by atoms with van der Waals surface area (Å²) in [7, 11) is 0. The zero-order valence-electron chi connectivity index (χ0n) is 13.9. The summed E-state index contributed by atoms with van der Waals surface area (Å²) in [6.45, 7) is 7.39. The molecule has 1 aromatic heterocycles. The Morgan fingerprint density at radius 3 is 2.83 bits per heavy atom. The third-order valence-electron chi connectivity index (χ3n) is 3.66. The number of carbonyl (C=O) groups excluding carboxylic acids is 1. The van der Waals surface area contributed by atoms with E-state index in [0.29, 0.717) is 25.4 Å². The number of nitrogens with one attached hydrogen (secondary N) is 3. The number of amides is 1. The van der Waals surface area contributed by atoms with Crippen molar-refractivity contribution in [2.24, 2.45) is 4.99 Å². The summed E-state index contributed by atoms with van der Waals surface area (Å²) in [5, 5.41) is 9.18. The number of ether oxygens (including phenoxy) is 1. The van der Waals surface area contributed by atoms with E-state index >= 15 is 0 Å². The fourth-order valence-electron chi connectivity index (χ4n) is 2.40. The Balaban J connectivity index is 1.72. The molecule has 1 aliphatic rings. The molecule has 3 N–H and O–H groups in total. The van der Waals surface area contributed by atoms with Crippen molar-refractivity contribution in [2.45, 2.75) is 32.3 Å². The predicted molar refractivity (Wildman–Crippen MR) is 88.6 cm³/mol. The van der Waals surface area contributed by atoms with Crippen LogP contribution in [0.25, 0.3) is 0 Å². The maximum absolute atomic E-state index is 11.7. The van der Waals surface area contributed by atoms with Crippen molar-refractivity contribution in [2.75, 3.05) is 32.8 Å². The van der Waals surface area contributed by atoms with Crippen molar-refractivity contribution in [3.63, 3.8) is 0 Å². The summed E-state index contributed by atoms with van der Waals surface area (Å²) in [6.07, 6.45) is 3.61. The first kappa shape index (κ1) is 17.3. The Hall–Kier alpha value is -2.02. The van der Waals surface area contributed by atoms with Crippen molar-refractivity contribution in [1.82, 2.24) is 16.0 Å². The number of guanidine groups is 1. The summed E-state index contributed by atoms with van der Waals surface area (Å²) in [5.41, 5.74) is -0.157. The molecule has 2 rings (SSSR count). The molecule has 23 heavy (non-hydrogen) atoms. The van der Waals surface area contributed by atoms with E-state index in [1.807, 2.05) is 6.92 Å². The van der Waals surface area contributed by atoms with E-state index in [2.05, 4.69) is 27.9 Å². The van der Waals surface area contributed by atoms with Gasteiger partial charge in [0.2, 0.25) is 0 Å². The zero-order valence-corrected chi connectivity index (χ0v) is 13.9. The Bertz CT molecular complexity index is 507. The molecule has 1 saturated heterocycles. The molecular weight excluding hydrogens is 296 g/mol. The SMILES string of the molecule is CCNC(=NCC1(C)CCCO1)NCCNC(=O)c1ccco1. The van der Waals surface area contributed by atoms with Crippen molar-refractivity contribution < 1.29 is 13.9 Å². The minimum Gasteiger partial charge on any atom is -0.459 e. The first-order chi connectivity index (χ1) is 11.1. The molecule has 1 atom stereocenters. The number of aliphatic imine (C=N–C) groups is 1. The van der Waals surface area contributed by atoms with Gasteiger partial charge in [-0.15, -0.1) is 0 Å². The van der Waals surface area contributed by atoms with Crippen LogP contribution in [-0.4, -0.2) is 50.3 Å². The first-order valence-corrected chi connectivity index (χ1v) is 8.11. The Kier molecular flexibility index (Phi) is 6.46. The molecule has 0 spiro atoms. The zero-order chi connectivity index (χ0) is 16.5. The second kappa shape index (κ2) is 8.57. The minimum atomic E-state index is -0.217. The summed E-state index contributed by atoms with van der Waals surface area (Å²) in [5.74, 6) is 0.832. The summed E-state index contributed by atoms with van der Waals surface area (Å²) >= 11 is 0.